The summed E-state index contributed by atoms with van der Waals surface area (Å²) in [4.78, 5) is 13.8. The van der Waals surface area contributed by atoms with Crippen molar-refractivity contribution >= 4 is 16.9 Å². The van der Waals surface area contributed by atoms with Crippen molar-refractivity contribution in [2.24, 2.45) is 0 Å². The van der Waals surface area contributed by atoms with Gasteiger partial charge in [0.05, 0.1) is 0 Å². The van der Waals surface area contributed by atoms with E-state index in [2.05, 4.69) is 5.32 Å². The monoisotopic (exact) mass is 304 g/mol. The van der Waals surface area contributed by atoms with Crippen LogP contribution in [0.3, 0.4) is 0 Å². The quantitative estimate of drug-likeness (QED) is 0.859. The summed E-state index contributed by atoms with van der Waals surface area (Å²) in [5.74, 6) is 0.642. The molecule has 0 spiro atoms. The Morgan fingerprint density at radius 2 is 2.15 bits per heavy atom. The van der Waals surface area contributed by atoms with Crippen molar-refractivity contribution in [2.45, 2.75) is 58.2 Å². The van der Waals surface area contributed by atoms with E-state index in [-0.39, 0.29) is 18.2 Å². The van der Waals surface area contributed by atoms with Gasteiger partial charge in [-0.15, -0.1) is 0 Å². The van der Waals surface area contributed by atoms with Crippen LogP contribution in [-0.4, -0.2) is 58.0 Å². The van der Waals surface area contributed by atoms with Gasteiger partial charge >= 0.3 is 6.09 Å². The van der Waals surface area contributed by atoms with Crippen LogP contribution in [0.5, 0.6) is 0 Å². The maximum atomic E-state index is 12.1. The highest BCUT2D eigenvalue weighted by Gasteiger charge is 2.28. The molecule has 0 aliphatic carbocycles. The molecule has 1 heterocycles. The van der Waals surface area contributed by atoms with Crippen LogP contribution in [0.1, 0.15) is 40.5 Å². The Morgan fingerprint density at radius 3 is 2.70 bits per heavy atom. The summed E-state index contributed by atoms with van der Waals surface area (Å²) in [6.45, 7) is 9.08. The van der Waals surface area contributed by atoms with Gasteiger partial charge in [-0.3, -0.25) is 4.21 Å². The number of nitrogens with zero attached hydrogens (tertiary/aromatic N) is 1. The molecule has 0 radical (unpaired) electrons. The number of carbonyl (C=O) groups is 1. The van der Waals surface area contributed by atoms with Gasteiger partial charge < -0.3 is 15.0 Å². The minimum Gasteiger partial charge on any atom is -0.444 e. The molecule has 0 aromatic rings. The number of carbonyl (C=O) groups excluding carboxylic acids is 1. The van der Waals surface area contributed by atoms with Gasteiger partial charge in [0.2, 0.25) is 0 Å². The van der Waals surface area contributed by atoms with Crippen LogP contribution < -0.4 is 5.32 Å². The lowest BCUT2D eigenvalue weighted by Crippen LogP contribution is -2.52. The van der Waals surface area contributed by atoms with Crippen LogP contribution in [0.2, 0.25) is 0 Å². The first-order valence-electron chi connectivity index (χ1n) is 7.21. The lowest BCUT2D eigenvalue weighted by molar-refractivity contribution is 0.0185. The zero-order valence-electron chi connectivity index (χ0n) is 13.3. The highest BCUT2D eigenvalue weighted by atomic mass is 32.2. The first kappa shape index (κ1) is 17.4. The number of hydrogen-bond acceptors (Lipinski definition) is 4. The molecular formula is C14H28N2O3S. The zero-order chi connectivity index (χ0) is 15.3. The van der Waals surface area contributed by atoms with Gasteiger partial charge in [-0.05, 0) is 40.5 Å². The van der Waals surface area contributed by atoms with E-state index in [0.717, 1.165) is 19.4 Å². The van der Waals surface area contributed by atoms with Crippen LogP contribution in [0.4, 0.5) is 4.79 Å². The molecule has 6 heteroatoms. The molecule has 1 aliphatic rings. The molecule has 1 rings (SSSR count). The Hall–Kier alpha value is -0.620. The topological polar surface area (TPSA) is 58.6 Å². The van der Waals surface area contributed by atoms with E-state index in [4.69, 9.17) is 4.74 Å². The van der Waals surface area contributed by atoms with Gasteiger partial charge in [-0.1, -0.05) is 0 Å². The SMILES string of the molecule is CC(CS(C)=O)NC1CCCN(C(=O)OC(C)(C)C)C1. The van der Waals surface area contributed by atoms with E-state index in [1.54, 1.807) is 11.2 Å². The molecule has 0 saturated carbocycles. The Morgan fingerprint density at radius 1 is 1.50 bits per heavy atom. The Labute approximate surface area is 124 Å². The van der Waals surface area contributed by atoms with Crippen molar-refractivity contribution in [3.05, 3.63) is 0 Å². The fourth-order valence-corrected chi connectivity index (χ4v) is 3.21. The van der Waals surface area contributed by atoms with Crippen molar-refractivity contribution in [1.82, 2.24) is 10.2 Å². The maximum Gasteiger partial charge on any atom is 0.410 e. The number of nitrogens with one attached hydrogen (secondary N) is 1. The summed E-state index contributed by atoms with van der Waals surface area (Å²) in [5.41, 5.74) is -0.455. The predicted molar refractivity (Wildman–Crippen MR) is 82.4 cm³/mol. The minimum absolute atomic E-state index is 0.199. The Balaban J connectivity index is 2.46. The van der Waals surface area contributed by atoms with Crippen molar-refractivity contribution < 1.29 is 13.7 Å². The second-order valence-electron chi connectivity index (χ2n) is 6.57. The van der Waals surface area contributed by atoms with E-state index in [9.17, 15) is 9.00 Å². The van der Waals surface area contributed by atoms with Crippen molar-refractivity contribution in [3.63, 3.8) is 0 Å². The minimum atomic E-state index is -0.799. The molecule has 118 valence electrons. The summed E-state index contributed by atoms with van der Waals surface area (Å²) in [6.07, 6.45) is 3.49. The highest BCUT2D eigenvalue weighted by molar-refractivity contribution is 7.84. The number of amides is 1. The average Bonchev–Trinajstić information content (AvgIpc) is 2.25. The molecule has 0 bridgehead atoms. The molecule has 0 aromatic heterocycles. The Kier molecular flexibility index (Phi) is 6.45. The van der Waals surface area contributed by atoms with Gasteiger partial charge in [-0.25, -0.2) is 4.79 Å². The third-order valence-corrected chi connectivity index (χ3v) is 4.05. The molecule has 1 fully saturated rings. The fraction of sp³-hybridized carbons (Fsp3) is 0.929. The number of ether oxygens (including phenoxy) is 1. The van der Waals surface area contributed by atoms with Gasteiger partial charge in [0.25, 0.3) is 0 Å². The first-order chi connectivity index (χ1) is 9.17. The van der Waals surface area contributed by atoms with E-state index in [0.29, 0.717) is 12.3 Å². The molecule has 1 saturated heterocycles. The standard InChI is InChI=1S/C14H28N2O3S/c1-11(10-20(5)18)15-12-7-6-8-16(9-12)13(17)19-14(2,3)4/h11-12,15H,6-10H2,1-5H3. The molecule has 1 aliphatic heterocycles. The number of likely N-dealkylation sites (tertiary alicyclic amines) is 1. The van der Waals surface area contributed by atoms with Crippen LogP contribution in [0.25, 0.3) is 0 Å². The molecule has 5 nitrogen and oxygen atoms in total. The van der Waals surface area contributed by atoms with E-state index >= 15 is 0 Å². The molecule has 1 amide bonds. The number of rotatable bonds is 4. The van der Waals surface area contributed by atoms with Gasteiger partial charge in [0.1, 0.15) is 5.60 Å². The maximum absolute atomic E-state index is 12.1. The fourth-order valence-electron chi connectivity index (χ4n) is 2.41. The van der Waals surface area contributed by atoms with Gasteiger partial charge in [-0.2, -0.15) is 0 Å². The molecule has 20 heavy (non-hydrogen) atoms. The predicted octanol–water partition coefficient (Wildman–Crippen LogP) is 1.74. The highest BCUT2D eigenvalue weighted by Crippen LogP contribution is 2.15. The van der Waals surface area contributed by atoms with E-state index < -0.39 is 16.4 Å². The smallest absolute Gasteiger partial charge is 0.410 e. The third kappa shape index (κ3) is 6.70. The third-order valence-electron chi connectivity index (χ3n) is 3.08. The lowest BCUT2D eigenvalue weighted by atomic mass is 10.1. The normalized spacial score (nSPS) is 23.2. The number of hydrogen-bond donors (Lipinski definition) is 1. The van der Waals surface area contributed by atoms with Gasteiger partial charge in [0.15, 0.2) is 0 Å². The van der Waals surface area contributed by atoms with Gasteiger partial charge in [0, 0.05) is 48.0 Å². The Bertz CT molecular complexity index is 355. The summed E-state index contributed by atoms with van der Waals surface area (Å²) in [7, 11) is -0.799. The average molecular weight is 304 g/mol. The van der Waals surface area contributed by atoms with Crippen LogP contribution in [0, 0.1) is 0 Å². The molecule has 0 aromatic carbocycles. The second-order valence-corrected chi connectivity index (χ2v) is 8.05. The summed E-state index contributed by atoms with van der Waals surface area (Å²) in [6, 6.07) is 0.458. The van der Waals surface area contributed by atoms with Crippen molar-refractivity contribution in [2.75, 3.05) is 25.1 Å². The molecule has 3 atom stereocenters. The largest absolute Gasteiger partial charge is 0.444 e. The summed E-state index contributed by atoms with van der Waals surface area (Å²) >= 11 is 0. The van der Waals surface area contributed by atoms with Crippen LogP contribution >= 0.6 is 0 Å². The van der Waals surface area contributed by atoms with Crippen molar-refractivity contribution in [1.29, 1.82) is 0 Å². The first-order valence-corrected chi connectivity index (χ1v) is 8.94. The van der Waals surface area contributed by atoms with Crippen molar-refractivity contribution in [3.8, 4) is 0 Å². The zero-order valence-corrected chi connectivity index (χ0v) is 14.1. The van der Waals surface area contributed by atoms with E-state index in [1.807, 2.05) is 27.7 Å². The number of piperidine rings is 1. The molecule has 3 unspecified atom stereocenters. The molecular weight excluding hydrogens is 276 g/mol. The summed E-state index contributed by atoms with van der Waals surface area (Å²) < 4.78 is 16.6. The molecule has 1 N–H and O–H groups in total. The second kappa shape index (κ2) is 7.41. The lowest BCUT2D eigenvalue weighted by Gasteiger charge is -2.35. The summed E-state index contributed by atoms with van der Waals surface area (Å²) in [5, 5.41) is 3.46. The van der Waals surface area contributed by atoms with Crippen LogP contribution in [-0.2, 0) is 15.5 Å². The van der Waals surface area contributed by atoms with Crippen LogP contribution in [0.15, 0.2) is 0 Å². The van der Waals surface area contributed by atoms with E-state index in [1.165, 1.54) is 0 Å².